The van der Waals surface area contributed by atoms with Gasteiger partial charge in [0.2, 0.25) is 5.91 Å². The van der Waals surface area contributed by atoms with Gasteiger partial charge in [-0.3, -0.25) is 9.59 Å². The first-order valence-electron chi connectivity index (χ1n) is 8.18. The van der Waals surface area contributed by atoms with E-state index in [1.165, 1.54) is 0 Å². The molecule has 13 heteroatoms. The molecule has 1 amide bonds. The summed E-state index contributed by atoms with van der Waals surface area (Å²) in [7, 11) is 0. The quantitative estimate of drug-likeness (QED) is 0.369. The first-order chi connectivity index (χ1) is 13.8. The van der Waals surface area contributed by atoms with Crippen LogP contribution in [0.2, 0.25) is 0 Å². The third kappa shape index (κ3) is 7.43. The van der Waals surface area contributed by atoms with E-state index in [0.29, 0.717) is 0 Å². The van der Waals surface area contributed by atoms with Gasteiger partial charge >= 0.3 is 24.1 Å². The number of hydrogen-bond donors (Lipinski definition) is 6. The van der Waals surface area contributed by atoms with Gasteiger partial charge < -0.3 is 31.4 Å². The summed E-state index contributed by atoms with van der Waals surface area (Å²) < 4.78 is 31.7. The van der Waals surface area contributed by atoms with Crippen LogP contribution in [0.15, 0.2) is 30.5 Å². The normalized spacial score (nSPS) is 12.9. The molecule has 0 saturated carbocycles. The van der Waals surface area contributed by atoms with E-state index < -0.39 is 48.5 Å². The number of fused-ring (bicyclic) bond motifs is 1. The molecular formula is C17H18F3N3O7. The number of amides is 1. The fraction of sp³-hybridized carbons (Fsp3) is 0.294. The van der Waals surface area contributed by atoms with Crippen LogP contribution in [0, 0.1) is 0 Å². The zero-order valence-electron chi connectivity index (χ0n) is 15.1. The molecule has 0 spiro atoms. The highest BCUT2D eigenvalue weighted by Crippen LogP contribution is 2.18. The third-order valence-corrected chi connectivity index (χ3v) is 3.69. The van der Waals surface area contributed by atoms with Crippen molar-refractivity contribution in [1.29, 1.82) is 0 Å². The minimum absolute atomic E-state index is 0.204. The van der Waals surface area contributed by atoms with Crippen LogP contribution in [0.4, 0.5) is 13.2 Å². The fourth-order valence-corrected chi connectivity index (χ4v) is 2.28. The smallest absolute Gasteiger partial charge is 0.481 e. The van der Waals surface area contributed by atoms with Crippen LogP contribution in [0.5, 0.6) is 0 Å². The summed E-state index contributed by atoms with van der Waals surface area (Å²) in [5.41, 5.74) is 7.55. The van der Waals surface area contributed by atoms with Crippen LogP contribution >= 0.6 is 0 Å². The summed E-state index contributed by atoms with van der Waals surface area (Å²) in [5, 5.41) is 27.8. The van der Waals surface area contributed by atoms with Crippen molar-refractivity contribution in [2.24, 2.45) is 5.73 Å². The molecule has 30 heavy (non-hydrogen) atoms. The molecule has 0 unspecified atom stereocenters. The van der Waals surface area contributed by atoms with E-state index in [1.54, 1.807) is 6.20 Å². The molecule has 0 saturated heterocycles. The number of carbonyl (C=O) groups is 4. The Kier molecular flexibility index (Phi) is 8.34. The van der Waals surface area contributed by atoms with Gasteiger partial charge in [-0.25, -0.2) is 9.59 Å². The van der Waals surface area contributed by atoms with Gasteiger partial charge in [0.05, 0.1) is 12.5 Å². The molecule has 1 heterocycles. The lowest BCUT2D eigenvalue weighted by atomic mass is 10.0. The maximum atomic E-state index is 12.0. The van der Waals surface area contributed by atoms with Gasteiger partial charge in [0.15, 0.2) is 0 Å². The molecule has 0 aliphatic carbocycles. The number of hydrogen-bond acceptors (Lipinski definition) is 5. The predicted octanol–water partition coefficient (Wildman–Crippen LogP) is 0.715. The zero-order chi connectivity index (χ0) is 23.1. The van der Waals surface area contributed by atoms with Crippen LogP contribution in [-0.2, 0) is 25.6 Å². The molecule has 7 N–H and O–H groups in total. The second-order valence-corrected chi connectivity index (χ2v) is 5.97. The lowest BCUT2D eigenvalue weighted by molar-refractivity contribution is -0.192. The number of aromatic amines is 1. The maximum absolute atomic E-state index is 12.0. The Labute approximate surface area is 166 Å². The molecule has 2 aromatic rings. The van der Waals surface area contributed by atoms with E-state index in [0.717, 1.165) is 16.5 Å². The van der Waals surface area contributed by atoms with Crippen molar-refractivity contribution >= 4 is 34.7 Å². The molecular weight excluding hydrogens is 415 g/mol. The van der Waals surface area contributed by atoms with Crippen molar-refractivity contribution in [3.8, 4) is 0 Å². The number of halogens is 3. The first kappa shape index (κ1) is 24.4. The van der Waals surface area contributed by atoms with Crippen molar-refractivity contribution in [2.45, 2.75) is 31.1 Å². The number of alkyl halides is 3. The second kappa shape index (κ2) is 10.2. The average Bonchev–Trinajstić information content (AvgIpc) is 3.03. The number of nitrogens with one attached hydrogen (secondary N) is 2. The van der Waals surface area contributed by atoms with E-state index >= 15 is 0 Å². The number of para-hydroxylation sites is 1. The highest BCUT2D eigenvalue weighted by molar-refractivity contribution is 5.90. The molecule has 1 aromatic heterocycles. The summed E-state index contributed by atoms with van der Waals surface area (Å²) in [6.07, 6.45) is -3.85. The minimum Gasteiger partial charge on any atom is -0.481 e. The Morgan fingerprint density at radius 2 is 1.67 bits per heavy atom. The molecule has 0 bridgehead atoms. The highest BCUT2D eigenvalue weighted by Gasteiger charge is 2.38. The van der Waals surface area contributed by atoms with E-state index in [4.69, 9.17) is 25.8 Å². The van der Waals surface area contributed by atoms with E-state index in [2.05, 4.69) is 10.3 Å². The van der Waals surface area contributed by atoms with E-state index in [1.807, 2.05) is 24.3 Å². The molecule has 2 atom stereocenters. The summed E-state index contributed by atoms with van der Waals surface area (Å²) >= 11 is 0. The monoisotopic (exact) mass is 433 g/mol. The van der Waals surface area contributed by atoms with Gasteiger partial charge in [0.25, 0.3) is 0 Å². The molecule has 1 aromatic carbocycles. The Morgan fingerprint density at radius 3 is 2.17 bits per heavy atom. The predicted molar refractivity (Wildman–Crippen MR) is 95.5 cm³/mol. The summed E-state index contributed by atoms with van der Waals surface area (Å²) in [4.78, 5) is 45.5. The van der Waals surface area contributed by atoms with Gasteiger partial charge in [-0.1, -0.05) is 18.2 Å². The summed E-state index contributed by atoms with van der Waals surface area (Å²) in [6, 6.07) is 5.02. The standard InChI is InChI=1S/C15H17N3O5.C2HF3O2/c16-10(14(21)18-12(15(22)23)6-13(19)20)5-8-7-17-11-4-2-1-3-9(8)11;3-2(4,5)1(6)7/h1-4,7,10,12,17H,5-6,16H2,(H,18,21)(H,19,20)(H,22,23);(H,6,7)/t10-,12-;/m0./s1. The lowest BCUT2D eigenvalue weighted by Crippen LogP contribution is -2.49. The number of H-pyrrole nitrogens is 1. The van der Waals surface area contributed by atoms with Crippen LogP contribution < -0.4 is 11.1 Å². The highest BCUT2D eigenvalue weighted by atomic mass is 19.4. The summed E-state index contributed by atoms with van der Waals surface area (Å²) in [5.74, 6) is -6.20. The topological polar surface area (TPSA) is 183 Å². The second-order valence-electron chi connectivity index (χ2n) is 5.97. The molecule has 2 rings (SSSR count). The number of carboxylic acid groups (broad SMARTS) is 3. The van der Waals surface area contributed by atoms with Gasteiger partial charge in [0, 0.05) is 17.1 Å². The van der Waals surface area contributed by atoms with E-state index in [-0.39, 0.29) is 6.42 Å². The van der Waals surface area contributed by atoms with Gasteiger partial charge in [-0.15, -0.1) is 0 Å². The van der Waals surface area contributed by atoms with Crippen LogP contribution in [0.3, 0.4) is 0 Å². The molecule has 0 aliphatic rings. The molecule has 164 valence electrons. The fourth-order valence-electron chi connectivity index (χ4n) is 2.28. The Balaban J connectivity index is 0.000000553. The minimum atomic E-state index is -5.08. The molecule has 0 aliphatic heterocycles. The van der Waals surface area contributed by atoms with Crippen molar-refractivity contribution in [1.82, 2.24) is 10.3 Å². The van der Waals surface area contributed by atoms with Crippen molar-refractivity contribution in [2.75, 3.05) is 0 Å². The van der Waals surface area contributed by atoms with Crippen LogP contribution in [0.1, 0.15) is 12.0 Å². The third-order valence-electron chi connectivity index (χ3n) is 3.69. The van der Waals surface area contributed by atoms with Crippen LogP contribution in [-0.4, -0.2) is 62.4 Å². The molecule has 10 nitrogen and oxygen atoms in total. The van der Waals surface area contributed by atoms with Crippen LogP contribution in [0.25, 0.3) is 10.9 Å². The lowest BCUT2D eigenvalue weighted by Gasteiger charge is -2.16. The molecule has 0 radical (unpaired) electrons. The number of rotatable bonds is 7. The Bertz CT molecular complexity index is 927. The van der Waals surface area contributed by atoms with E-state index in [9.17, 15) is 27.6 Å². The number of aromatic nitrogens is 1. The Morgan fingerprint density at radius 1 is 1.10 bits per heavy atom. The summed E-state index contributed by atoms with van der Waals surface area (Å²) in [6.45, 7) is 0. The number of nitrogens with two attached hydrogens (primary N) is 1. The van der Waals surface area contributed by atoms with Gasteiger partial charge in [0.1, 0.15) is 6.04 Å². The number of benzene rings is 1. The van der Waals surface area contributed by atoms with Crippen molar-refractivity contribution in [3.05, 3.63) is 36.0 Å². The van der Waals surface area contributed by atoms with Crippen molar-refractivity contribution in [3.63, 3.8) is 0 Å². The first-order valence-corrected chi connectivity index (χ1v) is 8.18. The Hall–Kier alpha value is -3.61. The number of carboxylic acids is 3. The molecule has 0 fully saturated rings. The van der Waals surface area contributed by atoms with Gasteiger partial charge in [-0.05, 0) is 18.1 Å². The number of aliphatic carboxylic acids is 3. The maximum Gasteiger partial charge on any atom is 0.490 e. The zero-order valence-corrected chi connectivity index (χ0v) is 15.1. The average molecular weight is 433 g/mol. The number of carbonyl (C=O) groups excluding carboxylic acids is 1. The largest absolute Gasteiger partial charge is 0.490 e. The SMILES string of the molecule is N[C@@H](Cc1c[nH]c2ccccc12)C(=O)N[C@@H](CC(=O)O)C(=O)O.O=C(O)C(F)(F)F. The van der Waals surface area contributed by atoms with Gasteiger partial charge in [-0.2, -0.15) is 13.2 Å². The van der Waals surface area contributed by atoms with Crippen molar-refractivity contribution < 1.29 is 47.7 Å².